The van der Waals surface area contributed by atoms with E-state index in [0.29, 0.717) is 17.0 Å². The molecule has 3 amide bonds. The second kappa shape index (κ2) is 12.1. The van der Waals surface area contributed by atoms with Gasteiger partial charge in [0.25, 0.3) is 15.9 Å². The van der Waals surface area contributed by atoms with Gasteiger partial charge in [-0.15, -0.1) is 6.58 Å². The van der Waals surface area contributed by atoms with Crippen LogP contribution >= 0.6 is 0 Å². The van der Waals surface area contributed by atoms with E-state index in [4.69, 9.17) is 9.47 Å². The SMILES string of the molecule is C=CCNC(=O)NC(=O)COC(=O)/C=C/c1ccc(S(=O)(=O)Nc2ccc(OC)cc2)cc1. The lowest BCUT2D eigenvalue weighted by Gasteiger charge is -2.09. The minimum absolute atomic E-state index is 0.0319. The minimum atomic E-state index is -3.80. The molecule has 0 radical (unpaired) electrons. The summed E-state index contributed by atoms with van der Waals surface area (Å²) in [5, 5.41) is 4.32. The molecule has 0 aliphatic carbocycles. The van der Waals surface area contributed by atoms with E-state index in [0.717, 1.165) is 6.08 Å². The van der Waals surface area contributed by atoms with E-state index in [1.165, 1.54) is 43.5 Å². The van der Waals surface area contributed by atoms with Crippen molar-refractivity contribution >= 4 is 39.7 Å². The highest BCUT2D eigenvalue weighted by atomic mass is 32.2. The molecule has 0 aromatic heterocycles. The molecule has 2 aromatic carbocycles. The number of sulfonamides is 1. The second-order valence-electron chi connectivity index (χ2n) is 6.39. The summed E-state index contributed by atoms with van der Waals surface area (Å²) in [6.45, 7) is 2.95. The van der Waals surface area contributed by atoms with Crippen LogP contribution in [0.1, 0.15) is 5.56 Å². The van der Waals surface area contributed by atoms with Crippen molar-refractivity contribution < 1.29 is 32.3 Å². The van der Waals surface area contributed by atoms with Crippen LogP contribution in [0.5, 0.6) is 5.75 Å². The summed E-state index contributed by atoms with van der Waals surface area (Å²) >= 11 is 0. The number of imide groups is 1. The summed E-state index contributed by atoms with van der Waals surface area (Å²) in [6.07, 6.45) is 3.91. The molecule has 174 valence electrons. The number of nitrogens with one attached hydrogen (secondary N) is 3. The topological polar surface area (TPSA) is 140 Å². The second-order valence-corrected chi connectivity index (χ2v) is 8.07. The van der Waals surface area contributed by atoms with Crippen LogP contribution in [0.2, 0.25) is 0 Å². The molecule has 0 spiro atoms. The summed E-state index contributed by atoms with van der Waals surface area (Å²) in [4.78, 5) is 34.6. The molecular weight excluding hydrogens is 450 g/mol. The van der Waals surface area contributed by atoms with Crippen molar-refractivity contribution in [1.82, 2.24) is 10.6 Å². The maximum atomic E-state index is 12.5. The van der Waals surface area contributed by atoms with Crippen LogP contribution in [0.4, 0.5) is 10.5 Å². The number of carbonyl (C=O) groups is 3. The quantitative estimate of drug-likeness (QED) is 0.273. The lowest BCUT2D eigenvalue weighted by molar-refractivity contribution is -0.143. The summed E-state index contributed by atoms with van der Waals surface area (Å²) in [7, 11) is -2.29. The summed E-state index contributed by atoms with van der Waals surface area (Å²) in [5.74, 6) is -1.01. The molecule has 33 heavy (non-hydrogen) atoms. The van der Waals surface area contributed by atoms with Crippen LogP contribution in [-0.2, 0) is 24.3 Å². The predicted octanol–water partition coefficient (Wildman–Crippen LogP) is 2.06. The van der Waals surface area contributed by atoms with Gasteiger partial charge in [-0.25, -0.2) is 18.0 Å². The van der Waals surface area contributed by atoms with Crippen LogP contribution in [0.3, 0.4) is 0 Å². The summed E-state index contributed by atoms with van der Waals surface area (Å²) in [5.41, 5.74) is 0.911. The number of hydrogen-bond acceptors (Lipinski definition) is 7. The molecule has 0 heterocycles. The predicted molar refractivity (Wildman–Crippen MR) is 122 cm³/mol. The van der Waals surface area contributed by atoms with Gasteiger partial charge in [-0.1, -0.05) is 18.2 Å². The van der Waals surface area contributed by atoms with Gasteiger partial charge in [0.1, 0.15) is 5.75 Å². The van der Waals surface area contributed by atoms with E-state index in [2.05, 4.69) is 16.6 Å². The first kappa shape index (κ1) is 25.1. The molecule has 0 unspecified atom stereocenters. The number of methoxy groups -OCH3 is 1. The van der Waals surface area contributed by atoms with Crippen molar-refractivity contribution in [2.75, 3.05) is 25.0 Å². The number of esters is 1. The van der Waals surface area contributed by atoms with Crippen molar-refractivity contribution in [1.29, 1.82) is 0 Å². The van der Waals surface area contributed by atoms with Gasteiger partial charge in [0.2, 0.25) is 0 Å². The molecule has 0 aliphatic heterocycles. The molecule has 0 bridgehead atoms. The van der Waals surface area contributed by atoms with Crippen molar-refractivity contribution in [3.05, 3.63) is 72.8 Å². The zero-order valence-electron chi connectivity index (χ0n) is 17.7. The minimum Gasteiger partial charge on any atom is -0.497 e. The van der Waals surface area contributed by atoms with Gasteiger partial charge in [-0.05, 0) is 48.0 Å². The average Bonchev–Trinajstić information content (AvgIpc) is 2.80. The van der Waals surface area contributed by atoms with Crippen molar-refractivity contribution in [2.45, 2.75) is 4.90 Å². The number of urea groups is 1. The third-order valence-electron chi connectivity index (χ3n) is 3.95. The molecule has 2 aromatic rings. The molecule has 0 saturated carbocycles. The van der Waals surface area contributed by atoms with E-state index in [1.54, 1.807) is 24.3 Å². The van der Waals surface area contributed by atoms with Crippen molar-refractivity contribution in [3.8, 4) is 5.75 Å². The standard InChI is InChI=1S/C22H23N3O7S/c1-3-14-23-22(28)24-20(26)15-32-21(27)13-6-16-4-11-19(12-5-16)33(29,30)25-17-7-9-18(31-2)10-8-17/h3-13,25H,1,14-15H2,2H3,(H2,23,24,26,28)/b13-6+. The molecular formula is C22H23N3O7S. The number of anilines is 1. The summed E-state index contributed by atoms with van der Waals surface area (Å²) in [6, 6.07) is 11.4. The average molecular weight is 474 g/mol. The number of carbonyl (C=O) groups excluding carboxylic acids is 3. The highest BCUT2D eigenvalue weighted by Gasteiger charge is 2.14. The fraction of sp³-hybridized carbons (Fsp3) is 0.136. The molecule has 0 fully saturated rings. The first-order chi connectivity index (χ1) is 15.7. The number of rotatable bonds is 10. The third-order valence-corrected chi connectivity index (χ3v) is 5.35. The maximum absolute atomic E-state index is 12.5. The molecule has 3 N–H and O–H groups in total. The molecule has 11 heteroatoms. The lowest BCUT2D eigenvalue weighted by atomic mass is 10.2. The summed E-state index contributed by atoms with van der Waals surface area (Å²) < 4.78 is 37.3. The van der Waals surface area contributed by atoms with Crippen LogP contribution in [0.25, 0.3) is 6.08 Å². The van der Waals surface area contributed by atoms with Gasteiger partial charge >= 0.3 is 12.0 Å². The Morgan fingerprint density at radius 2 is 1.70 bits per heavy atom. The Hall–Kier alpha value is -4.12. The fourth-order valence-electron chi connectivity index (χ4n) is 2.35. The molecule has 0 aliphatic rings. The van der Waals surface area contributed by atoms with E-state index in [9.17, 15) is 22.8 Å². The van der Waals surface area contributed by atoms with Gasteiger partial charge < -0.3 is 14.8 Å². The van der Waals surface area contributed by atoms with Gasteiger partial charge in [0, 0.05) is 18.3 Å². The smallest absolute Gasteiger partial charge is 0.331 e. The number of ether oxygens (including phenoxy) is 2. The van der Waals surface area contributed by atoms with Crippen LogP contribution in [0, 0.1) is 0 Å². The Morgan fingerprint density at radius 1 is 1.03 bits per heavy atom. The largest absolute Gasteiger partial charge is 0.497 e. The molecule has 0 saturated heterocycles. The maximum Gasteiger partial charge on any atom is 0.331 e. The first-order valence-electron chi connectivity index (χ1n) is 9.54. The van der Waals surface area contributed by atoms with E-state index >= 15 is 0 Å². The zero-order chi connectivity index (χ0) is 24.3. The van der Waals surface area contributed by atoms with Gasteiger partial charge in [0.05, 0.1) is 12.0 Å². The number of hydrogen-bond donors (Lipinski definition) is 3. The number of benzene rings is 2. The third kappa shape index (κ3) is 8.50. The zero-order valence-corrected chi connectivity index (χ0v) is 18.6. The fourth-order valence-corrected chi connectivity index (χ4v) is 3.41. The van der Waals surface area contributed by atoms with Gasteiger partial charge in [-0.2, -0.15) is 0 Å². The van der Waals surface area contributed by atoms with E-state index in [1.807, 2.05) is 5.32 Å². The molecule has 10 nitrogen and oxygen atoms in total. The Balaban J connectivity index is 1.88. The first-order valence-corrected chi connectivity index (χ1v) is 11.0. The van der Waals surface area contributed by atoms with Crippen LogP contribution in [-0.4, -0.2) is 46.6 Å². The molecule has 2 rings (SSSR count). The van der Waals surface area contributed by atoms with E-state index < -0.39 is 34.5 Å². The monoisotopic (exact) mass is 473 g/mol. The Kier molecular flexibility index (Phi) is 9.18. The van der Waals surface area contributed by atoms with Gasteiger partial charge in [0.15, 0.2) is 6.61 Å². The normalized spacial score (nSPS) is 10.8. The Labute approximate surface area is 191 Å². The highest BCUT2D eigenvalue weighted by molar-refractivity contribution is 7.92. The number of amides is 3. The lowest BCUT2D eigenvalue weighted by Crippen LogP contribution is -2.41. The highest BCUT2D eigenvalue weighted by Crippen LogP contribution is 2.19. The van der Waals surface area contributed by atoms with Crippen molar-refractivity contribution in [2.24, 2.45) is 0 Å². The van der Waals surface area contributed by atoms with Crippen molar-refractivity contribution in [3.63, 3.8) is 0 Å². The molecule has 0 atom stereocenters. The van der Waals surface area contributed by atoms with Crippen LogP contribution < -0.4 is 20.1 Å². The van der Waals surface area contributed by atoms with Crippen LogP contribution in [0.15, 0.2) is 72.2 Å². The van der Waals surface area contributed by atoms with E-state index in [-0.39, 0.29) is 11.4 Å². The Morgan fingerprint density at radius 3 is 2.30 bits per heavy atom. The Bertz CT molecular complexity index is 1130. The van der Waals surface area contributed by atoms with Gasteiger partial charge in [-0.3, -0.25) is 14.8 Å².